The number of carbonyl (C=O) groups is 1. The van der Waals surface area contributed by atoms with Crippen molar-refractivity contribution in [1.29, 1.82) is 0 Å². The van der Waals surface area contributed by atoms with Crippen LogP contribution in [0.1, 0.15) is 11.3 Å². The Hall–Kier alpha value is -1.78. The van der Waals surface area contributed by atoms with Gasteiger partial charge in [0.25, 0.3) is 0 Å². The van der Waals surface area contributed by atoms with E-state index < -0.39 is 0 Å². The summed E-state index contributed by atoms with van der Waals surface area (Å²) in [5.41, 5.74) is 1.92. The molecule has 0 saturated heterocycles. The second-order valence-corrected chi connectivity index (χ2v) is 3.31. The Labute approximate surface area is 87.6 Å². The summed E-state index contributed by atoms with van der Waals surface area (Å²) in [5.74, 6) is 0.709. The number of pyridine rings is 1. The third kappa shape index (κ3) is 1.72. The van der Waals surface area contributed by atoms with Crippen LogP contribution in [0.15, 0.2) is 12.3 Å². The van der Waals surface area contributed by atoms with Gasteiger partial charge in [-0.1, -0.05) is 0 Å². The number of hydrogen-bond donors (Lipinski definition) is 0. The molecule has 0 radical (unpaired) electrons. The molecule has 5 heteroatoms. The molecule has 0 spiro atoms. The maximum Gasteiger partial charge on any atom is 0.410 e. The highest BCUT2D eigenvalue weighted by molar-refractivity contribution is 5.68. The van der Waals surface area contributed by atoms with Gasteiger partial charge in [0.15, 0.2) is 0 Å². The highest BCUT2D eigenvalue weighted by Gasteiger charge is 2.25. The van der Waals surface area contributed by atoms with E-state index in [9.17, 15) is 4.79 Å². The first-order chi connectivity index (χ1) is 7.24. The molecular weight excluding hydrogens is 196 g/mol. The Morgan fingerprint density at radius 2 is 2.27 bits per heavy atom. The van der Waals surface area contributed by atoms with Gasteiger partial charge in [-0.2, -0.15) is 0 Å². The largest absolute Gasteiger partial charge is 0.495 e. The molecule has 5 nitrogen and oxygen atoms in total. The maximum absolute atomic E-state index is 11.3. The SMILES string of the molecule is COC(=O)N1Cc2cc(OC)cnc2C1. The molecule has 0 aromatic carbocycles. The number of carbonyl (C=O) groups excluding carboxylic acids is 1. The minimum Gasteiger partial charge on any atom is -0.495 e. The average molecular weight is 208 g/mol. The van der Waals surface area contributed by atoms with E-state index in [0.717, 1.165) is 11.3 Å². The second-order valence-electron chi connectivity index (χ2n) is 3.31. The number of amides is 1. The van der Waals surface area contributed by atoms with Crippen molar-refractivity contribution < 1.29 is 14.3 Å². The van der Waals surface area contributed by atoms with Gasteiger partial charge in [0.2, 0.25) is 0 Å². The minimum absolute atomic E-state index is 0.327. The molecule has 2 rings (SSSR count). The van der Waals surface area contributed by atoms with Gasteiger partial charge in [0, 0.05) is 0 Å². The van der Waals surface area contributed by atoms with Crippen molar-refractivity contribution >= 4 is 6.09 Å². The predicted octanol–water partition coefficient (Wildman–Crippen LogP) is 1.17. The van der Waals surface area contributed by atoms with Crippen molar-refractivity contribution in [2.24, 2.45) is 0 Å². The van der Waals surface area contributed by atoms with Crippen LogP contribution in [-0.2, 0) is 17.8 Å². The van der Waals surface area contributed by atoms with E-state index in [-0.39, 0.29) is 6.09 Å². The van der Waals surface area contributed by atoms with Crippen LogP contribution in [0, 0.1) is 0 Å². The summed E-state index contributed by atoms with van der Waals surface area (Å²) in [5, 5.41) is 0. The van der Waals surface area contributed by atoms with Gasteiger partial charge in [0.1, 0.15) is 5.75 Å². The molecule has 0 saturated carbocycles. The maximum atomic E-state index is 11.3. The smallest absolute Gasteiger partial charge is 0.410 e. The lowest BCUT2D eigenvalue weighted by Gasteiger charge is -2.11. The van der Waals surface area contributed by atoms with Crippen LogP contribution >= 0.6 is 0 Å². The van der Waals surface area contributed by atoms with E-state index in [2.05, 4.69) is 9.72 Å². The average Bonchev–Trinajstić information content (AvgIpc) is 2.70. The van der Waals surface area contributed by atoms with Crippen molar-refractivity contribution in [3.05, 3.63) is 23.5 Å². The van der Waals surface area contributed by atoms with Gasteiger partial charge in [-0.3, -0.25) is 9.88 Å². The third-order valence-corrected chi connectivity index (χ3v) is 2.41. The van der Waals surface area contributed by atoms with E-state index in [1.807, 2.05) is 6.07 Å². The molecule has 1 amide bonds. The zero-order valence-corrected chi connectivity index (χ0v) is 8.69. The molecule has 80 valence electrons. The molecule has 0 unspecified atom stereocenters. The molecule has 0 N–H and O–H groups in total. The topological polar surface area (TPSA) is 51.7 Å². The molecule has 1 aromatic heterocycles. The van der Waals surface area contributed by atoms with Crippen molar-refractivity contribution in [3.63, 3.8) is 0 Å². The fourth-order valence-corrected chi connectivity index (χ4v) is 1.61. The first kappa shape index (κ1) is 9.76. The van der Waals surface area contributed by atoms with Crippen LogP contribution in [0.3, 0.4) is 0 Å². The van der Waals surface area contributed by atoms with Crippen LogP contribution in [-0.4, -0.2) is 30.2 Å². The number of hydrogen-bond acceptors (Lipinski definition) is 4. The highest BCUT2D eigenvalue weighted by Crippen LogP contribution is 2.24. The Morgan fingerprint density at radius 3 is 2.93 bits per heavy atom. The Morgan fingerprint density at radius 1 is 1.47 bits per heavy atom. The summed E-state index contributed by atoms with van der Waals surface area (Å²) in [6, 6.07) is 1.89. The monoisotopic (exact) mass is 208 g/mol. The summed E-state index contributed by atoms with van der Waals surface area (Å²) in [6.45, 7) is 1.04. The predicted molar refractivity (Wildman–Crippen MR) is 52.4 cm³/mol. The number of rotatable bonds is 1. The second kappa shape index (κ2) is 3.76. The van der Waals surface area contributed by atoms with Crippen LogP contribution < -0.4 is 4.74 Å². The van der Waals surface area contributed by atoms with Crippen molar-refractivity contribution in [3.8, 4) is 5.75 Å². The molecular formula is C10H12N2O3. The number of fused-ring (bicyclic) bond motifs is 1. The zero-order valence-electron chi connectivity index (χ0n) is 8.69. The Bertz CT molecular complexity index is 392. The van der Waals surface area contributed by atoms with Crippen molar-refractivity contribution in [2.45, 2.75) is 13.1 Å². The molecule has 0 aliphatic carbocycles. The third-order valence-electron chi connectivity index (χ3n) is 2.41. The van der Waals surface area contributed by atoms with Crippen molar-refractivity contribution in [2.75, 3.05) is 14.2 Å². The first-order valence-electron chi connectivity index (χ1n) is 4.59. The van der Waals surface area contributed by atoms with Crippen LogP contribution in [0.4, 0.5) is 4.79 Å². The lowest BCUT2D eigenvalue weighted by atomic mass is 10.2. The van der Waals surface area contributed by atoms with E-state index >= 15 is 0 Å². The van der Waals surface area contributed by atoms with Crippen LogP contribution in [0.5, 0.6) is 5.75 Å². The number of methoxy groups -OCH3 is 2. The lowest BCUT2D eigenvalue weighted by Crippen LogP contribution is -2.24. The van der Waals surface area contributed by atoms with E-state index in [1.54, 1.807) is 18.2 Å². The van der Waals surface area contributed by atoms with E-state index in [1.165, 1.54) is 7.11 Å². The van der Waals surface area contributed by atoms with Gasteiger partial charge in [0.05, 0.1) is 39.2 Å². The highest BCUT2D eigenvalue weighted by atomic mass is 16.5. The zero-order chi connectivity index (χ0) is 10.8. The fraction of sp³-hybridized carbons (Fsp3) is 0.400. The van der Waals surface area contributed by atoms with Gasteiger partial charge < -0.3 is 9.47 Å². The summed E-state index contributed by atoms with van der Waals surface area (Å²) < 4.78 is 9.71. The normalized spacial score (nSPS) is 13.6. The van der Waals surface area contributed by atoms with Gasteiger partial charge >= 0.3 is 6.09 Å². The molecule has 0 bridgehead atoms. The fourth-order valence-electron chi connectivity index (χ4n) is 1.61. The Kier molecular flexibility index (Phi) is 2.45. The molecule has 1 aromatic rings. The summed E-state index contributed by atoms with van der Waals surface area (Å²) in [4.78, 5) is 17.1. The van der Waals surface area contributed by atoms with E-state index in [4.69, 9.17) is 4.74 Å². The van der Waals surface area contributed by atoms with Crippen LogP contribution in [0.25, 0.3) is 0 Å². The van der Waals surface area contributed by atoms with Gasteiger partial charge in [-0.25, -0.2) is 4.79 Å². The molecule has 15 heavy (non-hydrogen) atoms. The molecule has 1 aliphatic heterocycles. The van der Waals surface area contributed by atoms with Gasteiger partial charge in [-0.15, -0.1) is 0 Å². The Balaban J connectivity index is 2.20. The number of ether oxygens (including phenoxy) is 2. The molecule has 2 heterocycles. The first-order valence-corrected chi connectivity index (χ1v) is 4.59. The lowest BCUT2D eigenvalue weighted by molar-refractivity contribution is 0.123. The molecule has 0 atom stereocenters. The number of nitrogens with zero attached hydrogens (tertiary/aromatic N) is 2. The minimum atomic E-state index is -0.327. The molecule has 1 aliphatic rings. The quantitative estimate of drug-likeness (QED) is 0.695. The van der Waals surface area contributed by atoms with E-state index in [0.29, 0.717) is 18.8 Å². The van der Waals surface area contributed by atoms with Crippen molar-refractivity contribution in [1.82, 2.24) is 9.88 Å². The standard InChI is InChI=1S/C10H12N2O3/c1-14-8-3-7-5-12(10(13)15-2)6-9(7)11-4-8/h3-4H,5-6H2,1-2H3. The number of aromatic nitrogens is 1. The summed E-state index contributed by atoms with van der Waals surface area (Å²) in [6.07, 6.45) is 1.33. The van der Waals surface area contributed by atoms with Gasteiger partial charge in [-0.05, 0) is 11.6 Å². The summed E-state index contributed by atoms with van der Waals surface area (Å²) >= 11 is 0. The summed E-state index contributed by atoms with van der Waals surface area (Å²) in [7, 11) is 2.97. The van der Waals surface area contributed by atoms with Crippen LogP contribution in [0.2, 0.25) is 0 Å². The molecule has 0 fully saturated rings.